The SMILES string of the molecule is [2H]C([2H])([2H])c1c[c-]c(-c2cc(C([2H])([2H])[2H])c(C([2H])([2H])[2H])cn2)c(C([2H])([2H])[2H])n1.[Ir].[c-]1ccccc1-c1cc(-c2ccc(-c3ccccc3)cc2)ccn1. The third-order valence-electron chi connectivity index (χ3n) is 6.05. The summed E-state index contributed by atoms with van der Waals surface area (Å²) >= 11 is 0. The van der Waals surface area contributed by atoms with E-state index in [0.717, 1.165) is 35.2 Å². The van der Waals surface area contributed by atoms with Crippen LogP contribution in [0, 0.1) is 39.5 Å². The van der Waals surface area contributed by atoms with Crippen LogP contribution in [-0.4, -0.2) is 15.0 Å². The number of rotatable bonds is 4. The van der Waals surface area contributed by atoms with E-state index in [2.05, 4.69) is 81.7 Å². The predicted octanol–water partition coefficient (Wildman–Crippen LogP) is 9.06. The van der Waals surface area contributed by atoms with Gasteiger partial charge in [0.1, 0.15) is 0 Å². The molecule has 0 aliphatic carbocycles. The van der Waals surface area contributed by atoms with Crippen LogP contribution in [0.3, 0.4) is 0 Å². The summed E-state index contributed by atoms with van der Waals surface area (Å²) in [5.74, 6) is 0. The molecule has 6 aromatic rings. The molecule has 3 heterocycles. The molecule has 0 N–H and O–H groups in total. The minimum Gasteiger partial charge on any atom is -0.354 e. The van der Waals surface area contributed by atoms with E-state index in [1.54, 1.807) is 0 Å². The Kier molecular flexibility index (Phi) is 5.95. The van der Waals surface area contributed by atoms with Gasteiger partial charge in [0, 0.05) is 48.9 Å². The maximum Gasteiger partial charge on any atom is 0.0280 e. The van der Waals surface area contributed by atoms with Crippen molar-refractivity contribution in [3.8, 4) is 44.8 Å². The van der Waals surface area contributed by atoms with Gasteiger partial charge in [-0.25, -0.2) is 0 Å². The molecule has 0 saturated carbocycles. The van der Waals surface area contributed by atoms with Crippen molar-refractivity contribution in [2.75, 3.05) is 0 Å². The van der Waals surface area contributed by atoms with Crippen LogP contribution in [0.4, 0.5) is 0 Å². The molecule has 0 atom stereocenters. The second kappa shape index (κ2) is 13.9. The number of aryl methyl sites for hydroxylation is 4. The number of pyridine rings is 3. The van der Waals surface area contributed by atoms with E-state index in [1.165, 1.54) is 16.7 Å². The Hall–Kier alpha value is -4.24. The first-order valence-electron chi connectivity index (χ1n) is 18.4. The van der Waals surface area contributed by atoms with Crippen molar-refractivity contribution in [2.24, 2.45) is 0 Å². The minimum absolute atomic E-state index is 0. The average molecular weight is 722 g/mol. The molecule has 4 heteroatoms. The van der Waals surface area contributed by atoms with Gasteiger partial charge in [0.25, 0.3) is 0 Å². The molecule has 6 rings (SSSR count). The monoisotopic (exact) mass is 722 g/mol. The fourth-order valence-corrected chi connectivity index (χ4v) is 4.00. The maximum absolute atomic E-state index is 7.62. The molecule has 3 aromatic heterocycles. The molecule has 205 valence electrons. The third kappa shape index (κ3) is 7.49. The van der Waals surface area contributed by atoms with Crippen molar-refractivity contribution < 1.29 is 36.6 Å². The number of nitrogens with zero attached hydrogens (tertiary/aromatic N) is 3. The summed E-state index contributed by atoms with van der Waals surface area (Å²) in [7, 11) is 0. The summed E-state index contributed by atoms with van der Waals surface area (Å²) in [5, 5.41) is 0. The first-order valence-corrected chi connectivity index (χ1v) is 12.4. The molecular weight excluding hydrogens is 679 g/mol. The third-order valence-corrected chi connectivity index (χ3v) is 6.05. The Balaban J connectivity index is 0.000000234. The minimum atomic E-state index is -2.84. The Labute approximate surface area is 273 Å². The van der Waals surface area contributed by atoms with E-state index < -0.39 is 49.9 Å². The van der Waals surface area contributed by atoms with Crippen LogP contribution in [0.1, 0.15) is 39.0 Å². The van der Waals surface area contributed by atoms with Gasteiger partial charge in [0.05, 0.1) is 0 Å². The number of hydrogen-bond donors (Lipinski definition) is 0. The van der Waals surface area contributed by atoms with Crippen molar-refractivity contribution in [1.82, 2.24) is 15.0 Å². The quantitative estimate of drug-likeness (QED) is 0.171. The first kappa shape index (κ1) is 17.5. The summed E-state index contributed by atoms with van der Waals surface area (Å²) in [6.45, 7) is -11.0. The van der Waals surface area contributed by atoms with E-state index in [9.17, 15) is 0 Å². The molecule has 0 fully saturated rings. The van der Waals surface area contributed by atoms with E-state index in [-0.39, 0.29) is 31.4 Å². The van der Waals surface area contributed by atoms with Crippen molar-refractivity contribution >= 4 is 0 Å². The van der Waals surface area contributed by atoms with Gasteiger partial charge in [-0.2, -0.15) is 0 Å². The van der Waals surface area contributed by atoms with E-state index >= 15 is 0 Å². The molecule has 41 heavy (non-hydrogen) atoms. The zero-order valence-corrected chi connectivity index (χ0v) is 24.0. The largest absolute Gasteiger partial charge is 0.354 e. The van der Waals surface area contributed by atoms with Gasteiger partial charge in [0.15, 0.2) is 0 Å². The Morgan fingerprint density at radius 2 is 1.39 bits per heavy atom. The fraction of sp³-hybridized carbons (Fsp3) is 0.108. The number of hydrogen-bond acceptors (Lipinski definition) is 3. The maximum atomic E-state index is 7.62. The first-order chi connectivity index (χ1) is 24.3. The van der Waals surface area contributed by atoms with Crippen molar-refractivity contribution in [1.29, 1.82) is 0 Å². The van der Waals surface area contributed by atoms with Gasteiger partial charge in [0.2, 0.25) is 0 Å². The van der Waals surface area contributed by atoms with Crippen molar-refractivity contribution in [2.45, 2.75) is 27.4 Å². The van der Waals surface area contributed by atoms with E-state index in [1.807, 2.05) is 42.6 Å². The topological polar surface area (TPSA) is 38.7 Å². The summed E-state index contributed by atoms with van der Waals surface area (Å²) in [5.41, 5.74) is 4.26. The summed E-state index contributed by atoms with van der Waals surface area (Å²) < 4.78 is 90.2. The standard InChI is InChI=1S/C23H16N.C14H15N2.Ir/c1-3-7-18(8-4-1)19-11-13-20(14-12-19)22-15-16-24-23(17-22)21-9-5-2-6-10-21;1-9-7-14(15-8-10(9)2)13-6-5-11(3)16-12(13)4;/h1-9,11-17H;5,7-8H,1-4H3;/q2*-1;/i;1D3,2D3,3D3,4D3;. The molecule has 0 bridgehead atoms. The summed E-state index contributed by atoms with van der Waals surface area (Å²) in [6.07, 6.45) is 2.70. The second-order valence-corrected chi connectivity index (χ2v) is 8.77. The van der Waals surface area contributed by atoms with Crippen LogP contribution < -0.4 is 0 Å². The van der Waals surface area contributed by atoms with Crippen molar-refractivity contribution in [3.05, 3.63) is 150 Å². The molecule has 3 nitrogen and oxygen atoms in total. The normalized spacial score (nSPS) is 15.8. The zero-order valence-electron chi connectivity index (χ0n) is 33.6. The molecule has 0 aliphatic rings. The van der Waals surface area contributed by atoms with Gasteiger partial charge >= 0.3 is 0 Å². The molecule has 0 amide bonds. The summed E-state index contributed by atoms with van der Waals surface area (Å²) in [4.78, 5) is 12.1. The Morgan fingerprint density at radius 3 is 2.10 bits per heavy atom. The smallest absolute Gasteiger partial charge is 0.0280 e. The van der Waals surface area contributed by atoms with Gasteiger partial charge in [-0.1, -0.05) is 86.0 Å². The van der Waals surface area contributed by atoms with Crippen LogP contribution in [0.15, 0.2) is 116 Å². The van der Waals surface area contributed by atoms with Gasteiger partial charge in [-0.05, 0) is 70.4 Å². The van der Waals surface area contributed by atoms with Crippen LogP contribution in [0.5, 0.6) is 0 Å². The van der Waals surface area contributed by atoms with Crippen LogP contribution >= 0.6 is 0 Å². The predicted molar refractivity (Wildman–Crippen MR) is 165 cm³/mol. The Bertz CT molecular complexity index is 2130. The van der Waals surface area contributed by atoms with Gasteiger partial charge < -0.3 is 15.0 Å². The van der Waals surface area contributed by atoms with Crippen LogP contribution in [-0.2, 0) is 20.1 Å². The van der Waals surface area contributed by atoms with E-state index in [0.29, 0.717) is 0 Å². The molecule has 0 spiro atoms. The molecule has 0 aliphatic heterocycles. The van der Waals surface area contributed by atoms with Crippen LogP contribution in [0.2, 0.25) is 0 Å². The average Bonchev–Trinajstić information content (AvgIpc) is 3.11. The number of aromatic nitrogens is 3. The van der Waals surface area contributed by atoms with Crippen LogP contribution in [0.25, 0.3) is 44.8 Å². The van der Waals surface area contributed by atoms with Crippen molar-refractivity contribution in [3.63, 3.8) is 0 Å². The van der Waals surface area contributed by atoms with Gasteiger partial charge in [-0.15, -0.1) is 53.6 Å². The number of benzene rings is 3. The van der Waals surface area contributed by atoms with Gasteiger partial charge in [-0.3, -0.25) is 0 Å². The van der Waals surface area contributed by atoms with E-state index in [4.69, 9.17) is 16.4 Å². The Morgan fingerprint density at radius 1 is 0.634 bits per heavy atom. The molecular formula is C37H31IrN3-2. The molecule has 0 saturated heterocycles. The summed E-state index contributed by atoms with van der Waals surface area (Å²) in [6, 6.07) is 38.8. The molecule has 0 unspecified atom stereocenters. The fourth-order valence-electron chi connectivity index (χ4n) is 4.00. The second-order valence-electron chi connectivity index (χ2n) is 8.77. The zero-order chi connectivity index (χ0) is 37.9. The molecule has 1 radical (unpaired) electrons. The molecule has 3 aromatic carbocycles.